The van der Waals surface area contributed by atoms with E-state index in [0.717, 1.165) is 0 Å². The van der Waals surface area contributed by atoms with Crippen LogP contribution in [-0.2, 0) is 52.0 Å². The predicted molar refractivity (Wildman–Crippen MR) is 0 cm³/mol. The SMILES string of the molecule is [Hf].[La].[Pr].[Zr]. The first kappa shape index (κ1) is 23.9. The van der Waals surface area contributed by atoms with Crippen molar-refractivity contribution in [1.82, 2.24) is 0 Å². The van der Waals surface area contributed by atoms with E-state index in [-0.39, 0.29) is 129 Å². The molecule has 0 rings (SSSR count). The Kier molecular flexibility index (Phi) is 93.6. The minimum atomic E-state index is 0. The number of hydrogen-bond donors (Lipinski definition) is 0. The first-order chi connectivity index (χ1) is 0. The zero-order valence-corrected chi connectivity index (χ0v) is 15.5. The maximum absolute atomic E-state index is 0. The van der Waals surface area contributed by atoms with Gasteiger partial charge >= 0.3 is 0 Å². The molecule has 0 amide bonds. The van der Waals surface area contributed by atoms with Gasteiger partial charge in [-0.25, -0.2) is 0 Å². The molecule has 0 fully saturated rings. The Balaban J connectivity index is 0. The van der Waals surface area contributed by atoms with Gasteiger partial charge in [-0.05, 0) is 0 Å². The Morgan fingerprint density at radius 3 is 1.00 bits per heavy atom. The second kappa shape index (κ2) is 15.7. The van der Waals surface area contributed by atoms with Crippen molar-refractivity contribution in [2.24, 2.45) is 0 Å². The summed E-state index contributed by atoms with van der Waals surface area (Å²) in [6.45, 7) is 0. The molecule has 0 unspecified atom stereocenters. The van der Waals surface area contributed by atoms with Crippen LogP contribution in [0.1, 0.15) is 0 Å². The van der Waals surface area contributed by atoms with Crippen molar-refractivity contribution in [3.8, 4) is 0 Å². The van der Waals surface area contributed by atoms with E-state index in [9.17, 15) is 0 Å². The molecule has 0 N–H and O–H groups in total. The molecular formula is HfLaPrZr. The smallest absolute Gasteiger partial charge is 0 e. The molecule has 4 heteroatoms. The fraction of sp³-hybridized carbons (Fsp3) is 0. The molecule has 14 valence electrons. The van der Waals surface area contributed by atoms with Gasteiger partial charge in [0, 0.05) is 129 Å². The van der Waals surface area contributed by atoms with Crippen LogP contribution in [0.2, 0.25) is 0 Å². The Labute approximate surface area is 125 Å². The Morgan fingerprint density at radius 2 is 1.00 bits per heavy atom. The average Bonchev–Trinajstić information content (AvgIpc) is 0. The van der Waals surface area contributed by atoms with Gasteiger partial charge in [-0.2, -0.15) is 0 Å². The summed E-state index contributed by atoms with van der Waals surface area (Å²) in [7, 11) is 0. The fourth-order valence-electron chi connectivity index (χ4n) is 0. The van der Waals surface area contributed by atoms with E-state index in [1.807, 2.05) is 0 Å². The zero-order chi connectivity index (χ0) is 0. The van der Waals surface area contributed by atoms with Gasteiger partial charge in [0.05, 0.1) is 0 Å². The maximum atomic E-state index is 0. The summed E-state index contributed by atoms with van der Waals surface area (Å²) in [4.78, 5) is 0. The summed E-state index contributed by atoms with van der Waals surface area (Å²) in [5.74, 6) is 0. The third-order valence-electron chi connectivity index (χ3n) is 0. The summed E-state index contributed by atoms with van der Waals surface area (Å²) >= 11 is 0. The summed E-state index contributed by atoms with van der Waals surface area (Å²) < 4.78 is 0. The van der Waals surface area contributed by atoms with Gasteiger partial charge in [0.25, 0.3) is 0 Å². The van der Waals surface area contributed by atoms with Crippen LogP contribution >= 0.6 is 0 Å². The molecule has 2 radical (unpaired) electrons. The van der Waals surface area contributed by atoms with Gasteiger partial charge in [-0.1, -0.05) is 0 Å². The topological polar surface area (TPSA) is 0 Å². The van der Waals surface area contributed by atoms with Gasteiger partial charge in [0.2, 0.25) is 0 Å². The van der Waals surface area contributed by atoms with Crippen LogP contribution in [-0.4, -0.2) is 0 Å². The van der Waals surface area contributed by atoms with Gasteiger partial charge in [0.1, 0.15) is 0 Å². The van der Waals surface area contributed by atoms with Crippen molar-refractivity contribution in [3.63, 3.8) is 0 Å². The number of hydrogen-bond acceptors (Lipinski definition) is 0. The molecule has 0 saturated carbocycles. The second-order valence-electron chi connectivity index (χ2n) is 0. The van der Waals surface area contributed by atoms with Crippen LogP contribution in [0.3, 0.4) is 0 Å². The molecule has 4 heavy (non-hydrogen) atoms. The van der Waals surface area contributed by atoms with Gasteiger partial charge in [0.15, 0.2) is 0 Å². The van der Waals surface area contributed by atoms with Crippen molar-refractivity contribution in [1.29, 1.82) is 0 Å². The second-order valence-corrected chi connectivity index (χ2v) is 0. The standard InChI is InChI=1S/Hf.La.Pr.Zr. The van der Waals surface area contributed by atoms with E-state index in [0.29, 0.717) is 0 Å². The summed E-state index contributed by atoms with van der Waals surface area (Å²) in [5, 5.41) is 0. The summed E-state index contributed by atoms with van der Waals surface area (Å²) in [6.07, 6.45) is 0. The largest absolute Gasteiger partial charge is 0 e. The fourth-order valence-corrected chi connectivity index (χ4v) is 0. The molecule has 0 aliphatic rings. The van der Waals surface area contributed by atoms with Crippen LogP contribution in [0.25, 0.3) is 0 Å². The molecule has 0 nitrogen and oxygen atoms in total. The monoisotopic (exact) mass is 550 g/mol. The molecule has 0 heterocycles. The average molecular weight is 550 g/mol. The molecule has 0 aliphatic carbocycles. The molecule has 0 saturated heterocycles. The zero-order valence-electron chi connectivity index (χ0n) is 2.15. The van der Waals surface area contributed by atoms with Crippen LogP contribution in [0, 0.1) is 76.9 Å². The van der Waals surface area contributed by atoms with Crippen molar-refractivity contribution in [3.05, 3.63) is 0 Å². The third kappa shape index (κ3) is 9.58. The molecule has 0 bridgehead atoms. The van der Waals surface area contributed by atoms with E-state index < -0.39 is 0 Å². The minimum absolute atomic E-state index is 0. The van der Waals surface area contributed by atoms with Crippen molar-refractivity contribution in [2.45, 2.75) is 0 Å². The maximum Gasteiger partial charge on any atom is 0 e. The van der Waals surface area contributed by atoms with E-state index in [4.69, 9.17) is 0 Å². The summed E-state index contributed by atoms with van der Waals surface area (Å²) in [5.41, 5.74) is 0. The minimum Gasteiger partial charge on any atom is 0 e. The van der Waals surface area contributed by atoms with Crippen LogP contribution in [0.5, 0.6) is 0 Å². The Bertz CT molecular complexity index is 8.00. The van der Waals surface area contributed by atoms with Crippen molar-refractivity contribution in [2.75, 3.05) is 0 Å². The Morgan fingerprint density at radius 1 is 1.00 bits per heavy atom. The molecular weight excluding hydrogens is 550 g/mol. The first-order valence-electron chi connectivity index (χ1n) is 0. The van der Waals surface area contributed by atoms with E-state index >= 15 is 0 Å². The molecule has 0 atom stereocenters. The summed E-state index contributed by atoms with van der Waals surface area (Å²) in [6, 6.07) is 0. The molecule has 0 aromatic carbocycles. The molecule has 0 aromatic rings. The van der Waals surface area contributed by atoms with E-state index in [1.165, 1.54) is 0 Å². The first-order valence-corrected chi connectivity index (χ1v) is 0. The van der Waals surface area contributed by atoms with Gasteiger partial charge < -0.3 is 0 Å². The molecule has 0 aromatic heterocycles. The van der Waals surface area contributed by atoms with Gasteiger partial charge in [-0.15, -0.1) is 0 Å². The number of rotatable bonds is 0. The third-order valence-corrected chi connectivity index (χ3v) is 0. The molecule has 0 spiro atoms. The Hall–Kier alpha value is 4.31. The van der Waals surface area contributed by atoms with Crippen molar-refractivity contribution < 1.29 is 129 Å². The van der Waals surface area contributed by atoms with E-state index in [1.54, 1.807) is 0 Å². The van der Waals surface area contributed by atoms with Crippen molar-refractivity contribution >= 4 is 0 Å². The van der Waals surface area contributed by atoms with Gasteiger partial charge in [-0.3, -0.25) is 0 Å². The van der Waals surface area contributed by atoms with Crippen LogP contribution in [0.4, 0.5) is 0 Å². The predicted octanol–water partition coefficient (Wildman–Crippen LogP) is -0.00500. The quantitative estimate of drug-likeness (QED) is 0.374. The normalized spacial score (nSPS) is 0. The molecule has 0 aliphatic heterocycles. The van der Waals surface area contributed by atoms with Crippen LogP contribution < -0.4 is 0 Å². The van der Waals surface area contributed by atoms with E-state index in [2.05, 4.69) is 0 Å². The van der Waals surface area contributed by atoms with Crippen LogP contribution in [0.15, 0.2) is 0 Å².